The number of hydrogen-bond donors (Lipinski definition) is 1. The molecule has 2 N–H and O–H groups in total. The smallest absolute Gasteiger partial charge is 0.255 e. The molecule has 1 fully saturated rings. The Bertz CT molecular complexity index is 476. The molecule has 1 heterocycles. The van der Waals surface area contributed by atoms with E-state index < -0.39 is 0 Å². The molecule has 0 aliphatic carbocycles. The van der Waals surface area contributed by atoms with Gasteiger partial charge in [-0.1, -0.05) is 37.4 Å². The monoisotopic (exact) mass is 294 g/mol. The molecular weight excluding hydrogens is 272 g/mol. The summed E-state index contributed by atoms with van der Waals surface area (Å²) in [5, 5.41) is 0.453. The highest BCUT2D eigenvalue weighted by molar-refractivity contribution is 6.33. The van der Waals surface area contributed by atoms with Gasteiger partial charge in [0.05, 0.1) is 16.3 Å². The van der Waals surface area contributed by atoms with Gasteiger partial charge in [-0.15, -0.1) is 0 Å². The zero-order valence-corrected chi connectivity index (χ0v) is 12.8. The molecule has 4 heteroatoms. The zero-order chi connectivity index (χ0) is 14.5. The summed E-state index contributed by atoms with van der Waals surface area (Å²) in [6.07, 6.45) is 5.89. The van der Waals surface area contributed by atoms with Crippen LogP contribution in [0.2, 0.25) is 5.02 Å². The molecule has 1 saturated heterocycles. The van der Waals surface area contributed by atoms with Crippen LogP contribution in [0.4, 0.5) is 5.69 Å². The molecule has 3 nitrogen and oxygen atoms in total. The molecule has 0 spiro atoms. The van der Waals surface area contributed by atoms with Crippen molar-refractivity contribution in [3.63, 3.8) is 0 Å². The van der Waals surface area contributed by atoms with Gasteiger partial charge in [-0.05, 0) is 37.3 Å². The summed E-state index contributed by atoms with van der Waals surface area (Å²) in [6, 6.07) is 5.26. The van der Waals surface area contributed by atoms with Crippen LogP contribution in [-0.2, 0) is 0 Å². The average molecular weight is 295 g/mol. The maximum absolute atomic E-state index is 12.6. The summed E-state index contributed by atoms with van der Waals surface area (Å²) in [5.41, 5.74) is 6.86. The number of halogens is 1. The van der Waals surface area contributed by atoms with Gasteiger partial charge < -0.3 is 10.6 Å². The van der Waals surface area contributed by atoms with E-state index in [1.165, 1.54) is 19.3 Å². The summed E-state index contributed by atoms with van der Waals surface area (Å²) in [6.45, 7) is 3.88. The van der Waals surface area contributed by atoms with E-state index in [-0.39, 0.29) is 5.91 Å². The number of para-hydroxylation sites is 1. The van der Waals surface area contributed by atoms with E-state index in [9.17, 15) is 4.79 Å². The van der Waals surface area contributed by atoms with Gasteiger partial charge in [0.1, 0.15) is 0 Å². The first kappa shape index (κ1) is 15.2. The second kappa shape index (κ2) is 6.98. The fourth-order valence-corrected chi connectivity index (χ4v) is 3.13. The molecule has 1 aliphatic rings. The van der Waals surface area contributed by atoms with E-state index in [1.54, 1.807) is 18.2 Å². The number of nitrogens with two attached hydrogens (primary N) is 1. The number of rotatable bonds is 3. The molecule has 0 saturated carbocycles. The van der Waals surface area contributed by atoms with Crippen molar-refractivity contribution >= 4 is 23.2 Å². The number of anilines is 1. The number of benzene rings is 1. The third-order valence-electron chi connectivity index (χ3n) is 4.12. The first-order valence-corrected chi connectivity index (χ1v) is 7.84. The van der Waals surface area contributed by atoms with Crippen molar-refractivity contribution in [3.05, 3.63) is 28.8 Å². The van der Waals surface area contributed by atoms with Crippen LogP contribution in [0.5, 0.6) is 0 Å². The summed E-state index contributed by atoms with van der Waals surface area (Å²) in [4.78, 5) is 14.5. The zero-order valence-electron chi connectivity index (χ0n) is 12.1. The van der Waals surface area contributed by atoms with Crippen LogP contribution in [0.3, 0.4) is 0 Å². The predicted octanol–water partition coefficient (Wildman–Crippen LogP) is 3.96. The first-order valence-electron chi connectivity index (χ1n) is 7.46. The Balaban J connectivity index is 2.07. The number of amides is 1. The Morgan fingerprint density at radius 2 is 2.20 bits per heavy atom. The van der Waals surface area contributed by atoms with Crippen LogP contribution in [0.1, 0.15) is 49.4 Å². The largest absolute Gasteiger partial charge is 0.397 e. The minimum Gasteiger partial charge on any atom is -0.397 e. The Kier molecular flexibility index (Phi) is 5.30. The number of likely N-dealkylation sites (tertiary alicyclic amines) is 1. The summed E-state index contributed by atoms with van der Waals surface area (Å²) in [5.74, 6) is 0.775. The molecule has 1 aromatic rings. The van der Waals surface area contributed by atoms with Crippen molar-refractivity contribution in [2.45, 2.75) is 39.0 Å². The number of nitrogens with zero attached hydrogens (tertiary/aromatic N) is 1. The van der Waals surface area contributed by atoms with Crippen LogP contribution in [0.15, 0.2) is 18.2 Å². The maximum atomic E-state index is 12.6. The van der Waals surface area contributed by atoms with Crippen LogP contribution < -0.4 is 5.73 Å². The fourth-order valence-electron chi connectivity index (χ4n) is 2.96. The van der Waals surface area contributed by atoms with Crippen molar-refractivity contribution in [2.24, 2.45) is 5.92 Å². The SMILES string of the molecule is CCCC1CCCN(C(=O)c2cccc(Cl)c2N)CC1. The fraction of sp³-hybridized carbons (Fsp3) is 0.562. The highest BCUT2D eigenvalue weighted by atomic mass is 35.5. The third-order valence-corrected chi connectivity index (χ3v) is 4.44. The molecule has 0 aromatic heterocycles. The quantitative estimate of drug-likeness (QED) is 0.858. The summed E-state index contributed by atoms with van der Waals surface area (Å²) < 4.78 is 0. The van der Waals surface area contributed by atoms with E-state index in [0.29, 0.717) is 16.3 Å². The standard InChI is InChI=1S/C16H23ClN2O/c1-2-5-12-6-4-10-19(11-9-12)16(20)13-7-3-8-14(17)15(13)18/h3,7-8,12H,2,4-6,9-11,18H2,1H3. The molecule has 1 aliphatic heterocycles. The van der Waals surface area contributed by atoms with E-state index in [1.807, 2.05) is 4.90 Å². The van der Waals surface area contributed by atoms with Crippen molar-refractivity contribution in [1.29, 1.82) is 0 Å². The molecule has 110 valence electrons. The molecule has 1 aromatic carbocycles. The third kappa shape index (κ3) is 3.45. The lowest BCUT2D eigenvalue weighted by molar-refractivity contribution is 0.0761. The van der Waals surface area contributed by atoms with Crippen LogP contribution in [0.25, 0.3) is 0 Å². The van der Waals surface area contributed by atoms with E-state index >= 15 is 0 Å². The van der Waals surface area contributed by atoms with E-state index in [4.69, 9.17) is 17.3 Å². The number of carbonyl (C=O) groups is 1. The lowest BCUT2D eigenvalue weighted by Crippen LogP contribution is -2.32. The van der Waals surface area contributed by atoms with Crippen molar-refractivity contribution in [1.82, 2.24) is 4.90 Å². The Labute approximate surface area is 126 Å². The maximum Gasteiger partial charge on any atom is 0.255 e. The Morgan fingerprint density at radius 1 is 1.40 bits per heavy atom. The van der Waals surface area contributed by atoms with Gasteiger partial charge in [0.25, 0.3) is 5.91 Å². The number of hydrogen-bond acceptors (Lipinski definition) is 2. The van der Waals surface area contributed by atoms with Gasteiger partial charge in [0, 0.05) is 13.1 Å². The summed E-state index contributed by atoms with van der Waals surface area (Å²) in [7, 11) is 0. The van der Waals surface area contributed by atoms with Crippen LogP contribution in [0, 0.1) is 5.92 Å². The van der Waals surface area contributed by atoms with E-state index in [2.05, 4.69) is 6.92 Å². The lowest BCUT2D eigenvalue weighted by Gasteiger charge is -2.21. The molecule has 0 radical (unpaired) electrons. The normalized spacial score (nSPS) is 19.7. The van der Waals surface area contributed by atoms with Gasteiger partial charge in [0.15, 0.2) is 0 Å². The lowest BCUT2D eigenvalue weighted by atomic mass is 9.96. The van der Waals surface area contributed by atoms with Crippen molar-refractivity contribution in [2.75, 3.05) is 18.8 Å². The molecule has 20 heavy (non-hydrogen) atoms. The van der Waals surface area contributed by atoms with Gasteiger partial charge in [-0.25, -0.2) is 0 Å². The molecule has 1 unspecified atom stereocenters. The minimum atomic E-state index is 0.0159. The predicted molar refractivity (Wildman–Crippen MR) is 84.0 cm³/mol. The van der Waals surface area contributed by atoms with Gasteiger partial charge >= 0.3 is 0 Å². The molecule has 2 rings (SSSR count). The van der Waals surface area contributed by atoms with Crippen molar-refractivity contribution in [3.8, 4) is 0 Å². The Morgan fingerprint density at radius 3 is 2.95 bits per heavy atom. The van der Waals surface area contributed by atoms with E-state index in [0.717, 1.165) is 31.8 Å². The molecule has 1 atom stereocenters. The molecular formula is C16H23ClN2O. The molecule has 0 bridgehead atoms. The van der Waals surface area contributed by atoms with Crippen LogP contribution >= 0.6 is 11.6 Å². The number of carbonyl (C=O) groups excluding carboxylic acids is 1. The molecule has 1 amide bonds. The topological polar surface area (TPSA) is 46.3 Å². The first-order chi connectivity index (χ1) is 9.63. The minimum absolute atomic E-state index is 0.0159. The van der Waals surface area contributed by atoms with Gasteiger partial charge in [-0.3, -0.25) is 4.79 Å². The average Bonchev–Trinajstić information content (AvgIpc) is 2.67. The second-order valence-corrected chi connectivity index (χ2v) is 5.99. The van der Waals surface area contributed by atoms with Gasteiger partial charge in [0.2, 0.25) is 0 Å². The number of nitrogen functional groups attached to an aromatic ring is 1. The van der Waals surface area contributed by atoms with Crippen LogP contribution in [-0.4, -0.2) is 23.9 Å². The highest BCUT2D eigenvalue weighted by Gasteiger charge is 2.22. The van der Waals surface area contributed by atoms with Gasteiger partial charge in [-0.2, -0.15) is 0 Å². The highest BCUT2D eigenvalue weighted by Crippen LogP contribution is 2.26. The second-order valence-electron chi connectivity index (χ2n) is 5.58. The summed E-state index contributed by atoms with van der Waals surface area (Å²) >= 11 is 6.00. The Hall–Kier alpha value is -1.22. The van der Waals surface area contributed by atoms with Crippen molar-refractivity contribution < 1.29 is 4.79 Å².